The number of alkyl halides is 3. The van der Waals surface area contributed by atoms with Crippen molar-refractivity contribution in [3.8, 4) is 11.4 Å². The van der Waals surface area contributed by atoms with E-state index in [-0.39, 0.29) is 24.8 Å². The number of rotatable bonds is 3. The maximum Gasteiger partial charge on any atom is 0.471 e. The Hall–Kier alpha value is -3.89. The van der Waals surface area contributed by atoms with Crippen LogP contribution in [0.15, 0.2) is 59.1 Å². The highest BCUT2D eigenvalue weighted by atomic mass is 19.4. The van der Waals surface area contributed by atoms with E-state index < -0.39 is 29.8 Å². The number of carbonyl (C=O) groups excluding carboxylic acids is 2. The molecule has 1 saturated heterocycles. The van der Waals surface area contributed by atoms with Crippen LogP contribution in [0.2, 0.25) is 0 Å². The highest BCUT2D eigenvalue weighted by Crippen LogP contribution is 2.34. The van der Waals surface area contributed by atoms with Crippen molar-refractivity contribution in [1.29, 1.82) is 0 Å². The largest absolute Gasteiger partial charge is 0.471 e. The summed E-state index contributed by atoms with van der Waals surface area (Å²) >= 11 is 0. The molecule has 1 fully saturated rings. The van der Waals surface area contributed by atoms with Gasteiger partial charge < -0.3 is 14.2 Å². The van der Waals surface area contributed by atoms with Crippen molar-refractivity contribution < 1.29 is 32.0 Å². The van der Waals surface area contributed by atoms with Crippen LogP contribution in [-0.4, -0.2) is 45.7 Å². The van der Waals surface area contributed by atoms with E-state index in [2.05, 4.69) is 14.7 Å². The summed E-state index contributed by atoms with van der Waals surface area (Å²) in [4.78, 5) is 32.2. The fourth-order valence-corrected chi connectivity index (χ4v) is 3.71. The standard InChI is InChI=1S/C24H23F3N4O4/c1-23(2,3)34-22(33)30-13-18(15-7-5-4-6-8-15)31(19(32)14-30)17-11-9-16(10-12-17)20-28-21(35-29-20)24(25,26)27/h4-12,18H,13-14H2,1-3H3/t18-/m0/s1. The number of hydrogen-bond donors (Lipinski definition) is 0. The zero-order valence-corrected chi connectivity index (χ0v) is 19.2. The summed E-state index contributed by atoms with van der Waals surface area (Å²) in [7, 11) is 0. The van der Waals surface area contributed by atoms with E-state index in [0.29, 0.717) is 11.3 Å². The van der Waals surface area contributed by atoms with Crippen molar-refractivity contribution in [2.45, 2.75) is 38.6 Å². The molecule has 0 saturated carbocycles. The molecule has 0 spiro atoms. The molecule has 2 heterocycles. The van der Waals surface area contributed by atoms with Crippen LogP contribution in [-0.2, 0) is 15.7 Å². The maximum atomic E-state index is 13.2. The van der Waals surface area contributed by atoms with Crippen LogP contribution in [0.3, 0.4) is 0 Å². The molecule has 4 rings (SSSR count). The minimum Gasteiger partial charge on any atom is -0.444 e. The number of amides is 2. The van der Waals surface area contributed by atoms with Gasteiger partial charge in [-0.1, -0.05) is 35.5 Å². The maximum absolute atomic E-state index is 13.2. The number of anilines is 1. The molecule has 2 amide bonds. The Balaban J connectivity index is 1.63. The fourth-order valence-electron chi connectivity index (χ4n) is 3.71. The zero-order valence-electron chi connectivity index (χ0n) is 19.2. The normalized spacial score (nSPS) is 17.0. The van der Waals surface area contributed by atoms with Gasteiger partial charge in [0.1, 0.15) is 12.1 Å². The minimum atomic E-state index is -4.74. The first-order chi connectivity index (χ1) is 16.4. The summed E-state index contributed by atoms with van der Waals surface area (Å²) in [5.74, 6) is -1.98. The number of halogens is 3. The van der Waals surface area contributed by atoms with E-state index >= 15 is 0 Å². The van der Waals surface area contributed by atoms with Gasteiger partial charge in [0.25, 0.3) is 0 Å². The first kappa shape index (κ1) is 24.2. The van der Waals surface area contributed by atoms with Crippen molar-refractivity contribution in [1.82, 2.24) is 15.0 Å². The topological polar surface area (TPSA) is 88.8 Å². The quantitative estimate of drug-likeness (QED) is 0.511. The molecule has 35 heavy (non-hydrogen) atoms. The molecule has 0 unspecified atom stereocenters. The van der Waals surface area contributed by atoms with E-state index in [4.69, 9.17) is 4.74 Å². The van der Waals surface area contributed by atoms with Gasteiger partial charge in [-0.25, -0.2) is 4.79 Å². The van der Waals surface area contributed by atoms with E-state index in [0.717, 1.165) is 5.56 Å². The molecule has 8 nitrogen and oxygen atoms in total. The molecule has 1 atom stereocenters. The first-order valence-corrected chi connectivity index (χ1v) is 10.8. The van der Waals surface area contributed by atoms with Crippen molar-refractivity contribution in [2.75, 3.05) is 18.0 Å². The highest BCUT2D eigenvalue weighted by Gasteiger charge is 2.39. The third-order valence-electron chi connectivity index (χ3n) is 5.21. The lowest BCUT2D eigenvalue weighted by Crippen LogP contribution is -2.54. The molecular weight excluding hydrogens is 465 g/mol. The van der Waals surface area contributed by atoms with Gasteiger partial charge >= 0.3 is 18.2 Å². The summed E-state index contributed by atoms with van der Waals surface area (Å²) in [5.41, 5.74) is 0.905. The average molecular weight is 488 g/mol. The number of carbonyl (C=O) groups is 2. The molecule has 0 N–H and O–H groups in total. The number of piperazine rings is 1. The van der Waals surface area contributed by atoms with Crippen LogP contribution in [0.4, 0.5) is 23.7 Å². The molecule has 11 heteroatoms. The minimum absolute atomic E-state index is 0.181. The van der Waals surface area contributed by atoms with Gasteiger partial charge in [-0.05, 0) is 50.6 Å². The van der Waals surface area contributed by atoms with Crippen molar-refractivity contribution in [3.63, 3.8) is 0 Å². The van der Waals surface area contributed by atoms with Gasteiger partial charge in [0.05, 0.1) is 6.04 Å². The van der Waals surface area contributed by atoms with Gasteiger partial charge in [0.2, 0.25) is 11.7 Å². The zero-order chi connectivity index (χ0) is 25.4. The Bertz CT molecular complexity index is 1200. The second-order valence-corrected chi connectivity index (χ2v) is 9.02. The lowest BCUT2D eigenvalue weighted by Gasteiger charge is -2.41. The number of nitrogens with zero attached hydrogens (tertiary/aromatic N) is 4. The molecule has 1 aromatic heterocycles. The molecule has 0 radical (unpaired) electrons. The van der Waals surface area contributed by atoms with Gasteiger partial charge in [-0.3, -0.25) is 9.69 Å². The van der Waals surface area contributed by atoms with E-state index in [1.54, 1.807) is 37.8 Å². The molecule has 3 aromatic rings. The number of hydrogen-bond acceptors (Lipinski definition) is 6. The van der Waals surface area contributed by atoms with E-state index in [9.17, 15) is 22.8 Å². The molecule has 0 bridgehead atoms. The van der Waals surface area contributed by atoms with E-state index in [1.165, 1.54) is 17.0 Å². The summed E-state index contributed by atoms with van der Waals surface area (Å²) in [5, 5.41) is 3.39. The van der Waals surface area contributed by atoms with Crippen LogP contribution < -0.4 is 4.90 Å². The molecule has 1 aliphatic rings. The van der Waals surface area contributed by atoms with Crippen LogP contribution in [0.1, 0.15) is 38.3 Å². The lowest BCUT2D eigenvalue weighted by molar-refractivity contribution is -0.159. The van der Waals surface area contributed by atoms with Crippen molar-refractivity contribution >= 4 is 17.7 Å². The fraction of sp³-hybridized carbons (Fsp3) is 0.333. The Kier molecular flexibility index (Phi) is 6.27. The summed E-state index contributed by atoms with van der Waals surface area (Å²) < 4.78 is 48.1. The lowest BCUT2D eigenvalue weighted by atomic mass is 10.0. The second kappa shape index (κ2) is 9.05. The third kappa shape index (κ3) is 5.44. The van der Waals surface area contributed by atoms with Crippen molar-refractivity contribution in [3.05, 3.63) is 66.1 Å². The van der Waals surface area contributed by atoms with Crippen LogP contribution >= 0.6 is 0 Å². The number of benzene rings is 2. The average Bonchev–Trinajstić information content (AvgIpc) is 3.29. The predicted molar refractivity (Wildman–Crippen MR) is 119 cm³/mol. The Labute approximate surface area is 199 Å². The summed E-state index contributed by atoms with van der Waals surface area (Å²) in [6, 6.07) is 14.9. The highest BCUT2D eigenvalue weighted by molar-refractivity contribution is 5.98. The monoisotopic (exact) mass is 488 g/mol. The first-order valence-electron chi connectivity index (χ1n) is 10.8. The Morgan fingerprint density at radius 1 is 1.06 bits per heavy atom. The van der Waals surface area contributed by atoms with Gasteiger partial charge in [-0.15, -0.1) is 0 Å². The van der Waals surface area contributed by atoms with Crippen LogP contribution in [0.5, 0.6) is 0 Å². The predicted octanol–water partition coefficient (Wildman–Crippen LogP) is 5.08. The SMILES string of the molecule is CC(C)(C)OC(=O)N1CC(=O)N(c2ccc(-c3noc(C(F)(F)F)n3)cc2)[C@H](c2ccccc2)C1. The van der Waals surface area contributed by atoms with Crippen LogP contribution in [0, 0.1) is 0 Å². The second-order valence-electron chi connectivity index (χ2n) is 9.02. The van der Waals surface area contributed by atoms with Gasteiger partial charge in [-0.2, -0.15) is 18.2 Å². The molecule has 2 aromatic carbocycles. The third-order valence-corrected chi connectivity index (χ3v) is 5.21. The number of aromatic nitrogens is 2. The molecule has 0 aliphatic carbocycles. The molecular formula is C24H23F3N4O4. The van der Waals surface area contributed by atoms with E-state index in [1.807, 2.05) is 30.3 Å². The van der Waals surface area contributed by atoms with Crippen LogP contribution in [0.25, 0.3) is 11.4 Å². The summed E-state index contributed by atoms with van der Waals surface area (Å²) in [6.07, 6.45) is -5.33. The molecule has 184 valence electrons. The smallest absolute Gasteiger partial charge is 0.444 e. The molecule has 1 aliphatic heterocycles. The Morgan fingerprint density at radius 2 is 1.71 bits per heavy atom. The Morgan fingerprint density at radius 3 is 2.29 bits per heavy atom. The van der Waals surface area contributed by atoms with Crippen molar-refractivity contribution in [2.24, 2.45) is 0 Å². The summed E-state index contributed by atoms with van der Waals surface area (Å²) in [6.45, 7) is 5.27. The number of ether oxygens (including phenoxy) is 1. The van der Waals surface area contributed by atoms with Gasteiger partial charge in [0, 0.05) is 17.8 Å². The van der Waals surface area contributed by atoms with Gasteiger partial charge in [0.15, 0.2) is 0 Å².